The van der Waals surface area contributed by atoms with E-state index in [0.717, 1.165) is 5.82 Å². The zero-order valence-corrected chi connectivity index (χ0v) is 17.6. The molecule has 158 valence electrons. The molecule has 0 saturated carbocycles. The number of nitrogens with one attached hydrogen (secondary N) is 2. The van der Waals surface area contributed by atoms with Crippen LogP contribution in [0.4, 0.5) is 0 Å². The van der Waals surface area contributed by atoms with E-state index in [0.29, 0.717) is 48.0 Å². The molecule has 30 heavy (non-hydrogen) atoms. The van der Waals surface area contributed by atoms with Gasteiger partial charge in [0.25, 0.3) is 5.91 Å². The van der Waals surface area contributed by atoms with Crippen LogP contribution in [0, 0.1) is 6.92 Å². The molecule has 0 aliphatic heterocycles. The number of carbonyl (C=O) groups excluding carboxylic acids is 1. The quantitative estimate of drug-likeness (QED) is 0.563. The van der Waals surface area contributed by atoms with Crippen molar-refractivity contribution in [1.29, 1.82) is 0 Å². The van der Waals surface area contributed by atoms with Gasteiger partial charge < -0.3 is 19.5 Å². The number of methoxy groups -OCH3 is 3. The summed E-state index contributed by atoms with van der Waals surface area (Å²) in [7, 11) is 4.54. The lowest BCUT2D eigenvalue weighted by atomic mass is 10.1. The van der Waals surface area contributed by atoms with Gasteiger partial charge in [-0.05, 0) is 24.6 Å². The van der Waals surface area contributed by atoms with E-state index in [9.17, 15) is 4.79 Å². The number of carbonyl (C=O) groups is 1. The average Bonchev–Trinajstić information content (AvgIpc) is 3.21. The lowest BCUT2D eigenvalue weighted by molar-refractivity contribution is 0.0953. The largest absolute Gasteiger partial charge is 0.493 e. The third-order valence-corrected chi connectivity index (χ3v) is 4.63. The monoisotopic (exact) mass is 410 g/mol. The molecular weight excluding hydrogens is 384 g/mol. The number of aryl methyl sites for hydroxylation is 1. The highest BCUT2D eigenvalue weighted by Crippen LogP contribution is 2.38. The standard InChI is InChI=1S/C22H26N4O4/c1-14-5-7-15(8-6-14)11-20-24-19(25-26-20)9-10-23-22(27)16-12-17(28-2)21(30-4)18(13-16)29-3/h5-8,12-13H,9-11H2,1-4H3,(H,23,27)(H,24,25,26). The Morgan fingerprint density at radius 2 is 1.70 bits per heavy atom. The molecule has 0 radical (unpaired) electrons. The van der Waals surface area contributed by atoms with Crippen molar-refractivity contribution in [3.8, 4) is 17.2 Å². The molecule has 8 nitrogen and oxygen atoms in total. The van der Waals surface area contributed by atoms with Crippen LogP contribution in [0.1, 0.15) is 33.1 Å². The molecule has 0 aliphatic carbocycles. The number of aromatic nitrogens is 3. The van der Waals surface area contributed by atoms with E-state index in [4.69, 9.17) is 14.2 Å². The van der Waals surface area contributed by atoms with Gasteiger partial charge in [0.1, 0.15) is 5.82 Å². The van der Waals surface area contributed by atoms with Crippen molar-refractivity contribution < 1.29 is 19.0 Å². The first-order valence-corrected chi connectivity index (χ1v) is 9.58. The highest BCUT2D eigenvalue weighted by molar-refractivity contribution is 5.95. The van der Waals surface area contributed by atoms with Crippen LogP contribution < -0.4 is 19.5 Å². The van der Waals surface area contributed by atoms with Gasteiger partial charge in [0.05, 0.1) is 21.3 Å². The minimum atomic E-state index is -0.246. The lowest BCUT2D eigenvalue weighted by Crippen LogP contribution is -2.26. The van der Waals surface area contributed by atoms with Crippen molar-refractivity contribution in [2.24, 2.45) is 0 Å². The molecule has 1 heterocycles. The van der Waals surface area contributed by atoms with E-state index < -0.39 is 0 Å². The van der Waals surface area contributed by atoms with Crippen molar-refractivity contribution in [2.45, 2.75) is 19.8 Å². The van der Waals surface area contributed by atoms with E-state index in [1.54, 1.807) is 12.1 Å². The minimum absolute atomic E-state index is 0.246. The molecule has 0 unspecified atom stereocenters. The van der Waals surface area contributed by atoms with Crippen molar-refractivity contribution in [3.05, 3.63) is 64.7 Å². The number of rotatable bonds is 9. The molecule has 3 rings (SSSR count). The number of H-pyrrole nitrogens is 1. The molecule has 1 aromatic heterocycles. The van der Waals surface area contributed by atoms with Gasteiger partial charge in [0.15, 0.2) is 17.3 Å². The Hall–Kier alpha value is -3.55. The van der Waals surface area contributed by atoms with E-state index >= 15 is 0 Å². The topological polar surface area (TPSA) is 98.4 Å². The first kappa shape index (κ1) is 21.2. The molecule has 0 fully saturated rings. The molecule has 2 N–H and O–H groups in total. The molecule has 0 aliphatic rings. The summed E-state index contributed by atoms with van der Waals surface area (Å²) in [6.07, 6.45) is 1.20. The predicted octanol–water partition coefficient (Wildman–Crippen LogP) is 2.70. The summed E-state index contributed by atoms with van der Waals surface area (Å²) in [5.41, 5.74) is 2.80. The normalized spacial score (nSPS) is 10.5. The fraction of sp³-hybridized carbons (Fsp3) is 0.318. The van der Waals surface area contributed by atoms with Crippen LogP contribution in [0.25, 0.3) is 0 Å². The second-order valence-corrected chi connectivity index (χ2v) is 6.78. The maximum atomic E-state index is 12.5. The van der Waals surface area contributed by atoms with Gasteiger partial charge in [0.2, 0.25) is 5.75 Å². The fourth-order valence-corrected chi connectivity index (χ4v) is 3.03. The number of ether oxygens (including phenoxy) is 3. The van der Waals surface area contributed by atoms with E-state index in [2.05, 4.69) is 51.7 Å². The van der Waals surface area contributed by atoms with Crippen molar-refractivity contribution in [2.75, 3.05) is 27.9 Å². The molecule has 2 aromatic carbocycles. The number of hydrogen-bond acceptors (Lipinski definition) is 6. The van der Waals surface area contributed by atoms with Crippen LogP contribution in [0.2, 0.25) is 0 Å². The van der Waals surface area contributed by atoms with Gasteiger partial charge in [-0.2, -0.15) is 5.10 Å². The van der Waals surface area contributed by atoms with E-state index in [1.165, 1.54) is 32.5 Å². The summed E-state index contributed by atoms with van der Waals surface area (Å²) >= 11 is 0. The van der Waals surface area contributed by atoms with Crippen LogP contribution >= 0.6 is 0 Å². The third kappa shape index (κ3) is 5.08. The summed E-state index contributed by atoms with van der Waals surface area (Å²) in [5, 5.41) is 10.1. The maximum absolute atomic E-state index is 12.5. The summed E-state index contributed by atoms with van der Waals surface area (Å²) in [5.74, 6) is 2.50. The Kier molecular flexibility index (Phi) is 6.90. The Labute approximate surface area is 175 Å². The molecule has 8 heteroatoms. The lowest BCUT2D eigenvalue weighted by Gasteiger charge is -2.14. The van der Waals surface area contributed by atoms with E-state index in [1.807, 2.05) is 0 Å². The first-order chi connectivity index (χ1) is 14.5. The van der Waals surface area contributed by atoms with Gasteiger partial charge in [-0.3, -0.25) is 9.89 Å². The molecule has 1 amide bonds. The van der Waals surface area contributed by atoms with Gasteiger partial charge >= 0.3 is 0 Å². The second kappa shape index (κ2) is 9.78. The highest BCUT2D eigenvalue weighted by Gasteiger charge is 2.17. The molecule has 0 saturated heterocycles. The summed E-state index contributed by atoms with van der Waals surface area (Å²) in [6.45, 7) is 2.46. The number of hydrogen-bond donors (Lipinski definition) is 2. The highest BCUT2D eigenvalue weighted by atomic mass is 16.5. The van der Waals surface area contributed by atoms with Crippen LogP contribution in [-0.4, -0.2) is 49.0 Å². The molecular formula is C22H26N4O4. The minimum Gasteiger partial charge on any atom is -0.493 e. The van der Waals surface area contributed by atoms with Crippen LogP contribution in [-0.2, 0) is 12.8 Å². The van der Waals surface area contributed by atoms with Crippen LogP contribution in [0.15, 0.2) is 36.4 Å². The van der Waals surface area contributed by atoms with Crippen LogP contribution in [0.3, 0.4) is 0 Å². The zero-order chi connectivity index (χ0) is 21.5. The Morgan fingerprint density at radius 3 is 2.30 bits per heavy atom. The number of benzene rings is 2. The molecule has 0 bridgehead atoms. The summed E-state index contributed by atoms with van der Waals surface area (Å²) < 4.78 is 15.9. The number of nitrogens with zero attached hydrogens (tertiary/aromatic N) is 2. The van der Waals surface area contributed by atoms with Gasteiger partial charge in [-0.15, -0.1) is 0 Å². The smallest absolute Gasteiger partial charge is 0.251 e. The molecule has 3 aromatic rings. The van der Waals surface area contributed by atoms with Gasteiger partial charge in [-0.25, -0.2) is 4.98 Å². The third-order valence-electron chi connectivity index (χ3n) is 4.63. The van der Waals surface area contributed by atoms with Crippen molar-refractivity contribution in [3.63, 3.8) is 0 Å². The fourth-order valence-electron chi connectivity index (χ4n) is 3.03. The number of amides is 1. The van der Waals surface area contributed by atoms with Crippen molar-refractivity contribution >= 4 is 5.91 Å². The SMILES string of the molecule is COc1cc(C(=O)NCCc2n[nH]c(Cc3ccc(C)cc3)n2)cc(OC)c1OC. The Morgan fingerprint density at radius 1 is 1.03 bits per heavy atom. The van der Waals surface area contributed by atoms with Crippen molar-refractivity contribution in [1.82, 2.24) is 20.5 Å². The van der Waals surface area contributed by atoms with Crippen LogP contribution in [0.5, 0.6) is 17.2 Å². The zero-order valence-electron chi connectivity index (χ0n) is 17.6. The van der Waals surface area contributed by atoms with E-state index in [-0.39, 0.29) is 5.91 Å². The average molecular weight is 410 g/mol. The predicted molar refractivity (Wildman–Crippen MR) is 113 cm³/mol. The molecule has 0 atom stereocenters. The number of aromatic amines is 1. The first-order valence-electron chi connectivity index (χ1n) is 9.58. The van der Waals surface area contributed by atoms with Gasteiger partial charge in [-0.1, -0.05) is 29.8 Å². The Balaban J connectivity index is 1.57. The van der Waals surface area contributed by atoms with Gasteiger partial charge in [0, 0.05) is 24.9 Å². The molecule has 0 spiro atoms. The summed E-state index contributed by atoms with van der Waals surface area (Å²) in [4.78, 5) is 17.0. The Bertz CT molecular complexity index is 974. The summed E-state index contributed by atoms with van der Waals surface area (Å²) in [6, 6.07) is 11.5. The second-order valence-electron chi connectivity index (χ2n) is 6.78. The maximum Gasteiger partial charge on any atom is 0.251 e.